The number of rotatable bonds is 7. The topological polar surface area (TPSA) is 76.1 Å². The summed E-state index contributed by atoms with van der Waals surface area (Å²) >= 11 is 0. The summed E-state index contributed by atoms with van der Waals surface area (Å²) in [6, 6.07) is 17.5. The van der Waals surface area contributed by atoms with Gasteiger partial charge in [0.05, 0.1) is 12.7 Å². The van der Waals surface area contributed by atoms with Gasteiger partial charge in [-0.2, -0.15) is 0 Å². The Kier molecular flexibility index (Phi) is 5.77. The van der Waals surface area contributed by atoms with Crippen molar-refractivity contribution in [3.8, 4) is 5.75 Å². The monoisotopic (exact) mass is 348 g/mol. The molecule has 0 saturated carbocycles. The van der Waals surface area contributed by atoms with E-state index in [0.717, 1.165) is 16.9 Å². The zero-order valence-corrected chi connectivity index (χ0v) is 14.5. The molecule has 0 spiro atoms. The molecule has 6 nitrogen and oxygen atoms in total. The Morgan fingerprint density at radius 3 is 2.23 bits per heavy atom. The molecule has 3 rings (SSSR count). The first-order chi connectivity index (χ1) is 12.7. The van der Waals surface area contributed by atoms with Crippen molar-refractivity contribution in [2.75, 3.05) is 12.4 Å². The predicted octanol–water partition coefficient (Wildman–Crippen LogP) is 3.03. The van der Waals surface area contributed by atoms with Crippen molar-refractivity contribution < 1.29 is 9.53 Å². The molecule has 0 aliphatic heterocycles. The molecule has 6 heteroatoms. The maximum atomic E-state index is 12.1. The van der Waals surface area contributed by atoms with E-state index < -0.39 is 0 Å². The van der Waals surface area contributed by atoms with Gasteiger partial charge in [-0.25, -0.2) is 9.97 Å². The van der Waals surface area contributed by atoms with Crippen LogP contribution in [0.4, 0.5) is 5.95 Å². The fourth-order valence-corrected chi connectivity index (χ4v) is 2.34. The van der Waals surface area contributed by atoms with Gasteiger partial charge in [0.25, 0.3) is 5.91 Å². The summed E-state index contributed by atoms with van der Waals surface area (Å²) in [5.74, 6) is 1.09. The van der Waals surface area contributed by atoms with Crippen LogP contribution in [0.15, 0.2) is 67.0 Å². The number of amides is 1. The second kappa shape index (κ2) is 8.62. The molecular weight excluding hydrogens is 328 g/mol. The number of hydrogen-bond donors (Lipinski definition) is 2. The molecule has 1 amide bonds. The number of ether oxygens (including phenoxy) is 1. The zero-order valence-electron chi connectivity index (χ0n) is 14.5. The van der Waals surface area contributed by atoms with E-state index >= 15 is 0 Å². The van der Waals surface area contributed by atoms with Crippen LogP contribution in [0.1, 0.15) is 21.5 Å². The van der Waals surface area contributed by atoms with Crippen molar-refractivity contribution in [3.05, 3.63) is 83.7 Å². The molecular formula is C20H20N4O2. The van der Waals surface area contributed by atoms with E-state index in [1.165, 1.54) is 12.4 Å². The van der Waals surface area contributed by atoms with Gasteiger partial charge >= 0.3 is 0 Å². The van der Waals surface area contributed by atoms with Crippen LogP contribution in [0, 0.1) is 0 Å². The van der Waals surface area contributed by atoms with Crippen molar-refractivity contribution in [1.82, 2.24) is 15.3 Å². The molecule has 26 heavy (non-hydrogen) atoms. The van der Waals surface area contributed by atoms with E-state index in [0.29, 0.717) is 24.6 Å². The molecule has 3 aromatic rings. The molecule has 2 N–H and O–H groups in total. The molecule has 0 aliphatic carbocycles. The number of nitrogens with one attached hydrogen (secondary N) is 2. The fourth-order valence-electron chi connectivity index (χ4n) is 2.34. The van der Waals surface area contributed by atoms with Crippen LogP contribution in [0.5, 0.6) is 5.75 Å². The Hall–Kier alpha value is -3.41. The van der Waals surface area contributed by atoms with Gasteiger partial charge in [-0.3, -0.25) is 4.79 Å². The lowest BCUT2D eigenvalue weighted by Crippen LogP contribution is -2.23. The third-order valence-corrected chi connectivity index (χ3v) is 3.82. The van der Waals surface area contributed by atoms with Crippen molar-refractivity contribution in [3.63, 3.8) is 0 Å². The Balaban J connectivity index is 1.51. The minimum absolute atomic E-state index is 0.199. The second-order valence-electron chi connectivity index (χ2n) is 5.67. The molecule has 1 heterocycles. The van der Waals surface area contributed by atoms with Crippen molar-refractivity contribution in [1.29, 1.82) is 0 Å². The number of anilines is 1. The highest BCUT2D eigenvalue weighted by Gasteiger charge is 2.07. The first kappa shape index (κ1) is 17.4. The summed E-state index contributed by atoms with van der Waals surface area (Å²) in [6.07, 6.45) is 3.04. The standard InChI is InChI=1S/C20H20N4O2/c1-26-18-9-7-16(8-10-18)12-22-20-23-13-17(14-24-20)19(25)21-11-15-5-3-2-4-6-15/h2-10,13-14H,11-12H2,1H3,(H,21,25)(H,22,23,24). The van der Waals surface area contributed by atoms with Crippen molar-refractivity contribution in [2.24, 2.45) is 0 Å². The van der Waals surface area contributed by atoms with Crippen molar-refractivity contribution >= 4 is 11.9 Å². The molecule has 0 bridgehead atoms. The summed E-state index contributed by atoms with van der Waals surface area (Å²) in [5.41, 5.74) is 2.55. The van der Waals surface area contributed by atoms with Gasteiger partial charge in [0.1, 0.15) is 5.75 Å². The highest BCUT2D eigenvalue weighted by molar-refractivity contribution is 5.93. The highest BCUT2D eigenvalue weighted by atomic mass is 16.5. The lowest BCUT2D eigenvalue weighted by atomic mass is 10.2. The van der Waals surface area contributed by atoms with Gasteiger partial charge in [-0.15, -0.1) is 0 Å². The number of nitrogens with zero attached hydrogens (tertiary/aromatic N) is 2. The van der Waals surface area contributed by atoms with E-state index in [9.17, 15) is 4.79 Å². The number of aromatic nitrogens is 2. The van der Waals surface area contributed by atoms with Crippen LogP contribution < -0.4 is 15.4 Å². The zero-order chi connectivity index (χ0) is 18.2. The molecule has 0 saturated heterocycles. The van der Waals surface area contributed by atoms with Crippen molar-refractivity contribution in [2.45, 2.75) is 13.1 Å². The maximum absolute atomic E-state index is 12.1. The number of methoxy groups -OCH3 is 1. The molecule has 0 aliphatic rings. The molecule has 0 atom stereocenters. The Morgan fingerprint density at radius 1 is 0.923 bits per heavy atom. The Morgan fingerprint density at radius 2 is 1.58 bits per heavy atom. The quantitative estimate of drug-likeness (QED) is 0.686. The first-order valence-electron chi connectivity index (χ1n) is 8.25. The first-order valence-corrected chi connectivity index (χ1v) is 8.25. The average Bonchev–Trinajstić information content (AvgIpc) is 2.72. The van der Waals surface area contributed by atoms with Gasteiger partial charge in [-0.05, 0) is 23.3 Å². The van der Waals surface area contributed by atoms with Crippen LogP contribution in [0.2, 0.25) is 0 Å². The van der Waals surface area contributed by atoms with Crippen LogP contribution in [0.3, 0.4) is 0 Å². The Labute approximate surface area is 152 Å². The number of hydrogen-bond acceptors (Lipinski definition) is 5. The highest BCUT2D eigenvalue weighted by Crippen LogP contribution is 2.12. The van der Waals surface area contributed by atoms with E-state index in [1.807, 2.05) is 54.6 Å². The van der Waals surface area contributed by atoms with Crippen LogP contribution in [0.25, 0.3) is 0 Å². The molecule has 0 fully saturated rings. The summed E-state index contributed by atoms with van der Waals surface area (Å²) in [4.78, 5) is 20.5. The summed E-state index contributed by atoms with van der Waals surface area (Å²) in [7, 11) is 1.64. The van der Waals surface area contributed by atoms with Crippen LogP contribution in [-0.2, 0) is 13.1 Å². The molecule has 0 unspecified atom stereocenters. The molecule has 0 radical (unpaired) electrons. The summed E-state index contributed by atoms with van der Waals surface area (Å²) < 4.78 is 5.13. The van der Waals surface area contributed by atoms with E-state index in [1.54, 1.807) is 7.11 Å². The lowest BCUT2D eigenvalue weighted by Gasteiger charge is -2.07. The Bertz CT molecular complexity index is 834. The summed E-state index contributed by atoms with van der Waals surface area (Å²) in [5, 5.41) is 5.98. The van der Waals surface area contributed by atoms with E-state index in [4.69, 9.17) is 4.74 Å². The lowest BCUT2D eigenvalue weighted by molar-refractivity contribution is 0.0950. The largest absolute Gasteiger partial charge is 0.497 e. The normalized spacial score (nSPS) is 10.2. The number of carbonyl (C=O) groups excluding carboxylic acids is 1. The molecule has 2 aromatic carbocycles. The summed E-state index contributed by atoms with van der Waals surface area (Å²) in [6.45, 7) is 1.06. The third-order valence-electron chi connectivity index (χ3n) is 3.82. The van der Waals surface area contributed by atoms with E-state index in [-0.39, 0.29) is 5.91 Å². The van der Waals surface area contributed by atoms with Crippen LogP contribution >= 0.6 is 0 Å². The molecule has 1 aromatic heterocycles. The number of benzene rings is 2. The van der Waals surface area contributed by atoms with Gasteiger partial charge in [-0.1, -0.05) is 42.5 Å². The van der Waals surface area contributed by atoms with Gasteiger partial charge in [0.15, 0.2) is 0 Å². The van der Waals surface area contributed by atoms with Gasteiger partial charge in [0, 0.05) is 25.5 Å². The van der Waals surface area contributed by atoms with E-state index in [2.05, 4.69) is 20.6 Å². The minimum atomic E-state index is -0.199. The van der Waals surface area contributed by atoms with Gasteiger partial charge < -0.3 is 15.4 Å². The number of carbonyl (C=O) groups is 1. The van der Waals surface area contributed by atoms with Gasteiger partial charge in [0.2, 0.25) is 5.95 Å². The minimum Gasteiger partial charge on any atom is -0.497 e. The SMILES string of the molecule is COc1ccc(CNc2ncc(C(=O)NCc3ccccc3)cn2)cc1. The fraction of sp³-hybridized carbons (Fsp3) is 0.150. The third kappa shape index (κ3) is 4.80. The van der Waals surface area contributed by atoms with Crippen LogP contribution in [-0.4, -0.2) is 23.0 Å². The molecule has 132 valence electrons. The predicted molar refractivity (Wildman–Crippen MR) is 100.0 cm³/mol. The maximum Gasteiger partial charge on any atom is 0.254 e. The second-order valence-corrected chi connectivity index (χ2v) is 5.67. The average molecular weight is 348 g/mol. The smallest absolute Gasteiger partial charge is 0.254 e.